The van der Waals surface area contributed by atoms with E-state index in [4.69, 9.17) is 4.74 Å². The van der Waals surface area contributed by atoms with Crippen LogP contribution < -0.4 is 4.74 Å². The molecule has 0 bridgehead atoms. The van der Waals surface area contributed by atoms with Gasteiger partial charge in [0, 0.05) is 17.8 Å². The number of nitrogens with zero attached hydrogens (tertiary/aromatic N) is 1. The van der Waals surface area contributed by atoms with Crippen molar-refractivity contribution in [3.63, 3.8) is 0 Å². The lowest BCUT2D eigenvalue weighted by molar-refractivity contribution is 0.339. The molecule has 1 aromatic carbocycles. The molecule has 0 saturated heterocycles. The Hall–Kier alpha value is -1.83. The molecular weight excluding hydrogens is 246 g/mol. The molecule has 2 heteroatoms. The van der Waals surface area contributed by atoms with E-state index in [0.717, 1.165) is 5.56 Å². The predicted octanol–water partition coefficient (Wildman–Crippen LogP) is 4.91. The zero-order chi connectivity index (χ0) is 14.8. The minimum atomic E-state index is 0.261. The van der Waals surface area contributed by atoms with Crippen LogP contribution in [0.4, 0.5) is 0 Å². The van der Waals surface area contributed by atoms with Gasteiger partial charge in [-0.2, -0.15) is 0 Å². The maximum atomic E-state index is 5.10. The topological polar surface area (TPSA) is 22.1 Å². The first-order valence-electron chi connectivity index (χ1n) is 7.02. The lowest BCUT2D eigenvalue weighted by Gasteiger charge is -2.28. The highest BCUT2D eigenvalue weighted by Crippen LogP contribution is 2.35. The van der Waals surface area contributed by atoms with Crippen molar-refractivity contribution >= 4 is 0 Å². The molecule has 0 N–H and O–H groups in total. The van der Waals surface area contributed by atoms with Crippen LogP contribution in [0.5, 0.6) is 5.88 Å². The van der Waals surface area contributed by atoms with Crippen LogP contribution >= 0.6 is 0 Å². The van der Waals surface area contributed by atoms with Crippen LogP contribution in [0.1, 0.15) is 39.2 Å². The Labute approximate surface area is 121 Å². The molecule has 1 atom stereocenters. The van der Waals surface area contributed by atoms with Gasteiger partial charge in [-0.1, -0.05) is 52.0 Å². The summed E-state index contributed by atoms with van der Waals surface area (Å²) in [5.74, 6) is 1.15. The van der Waals surface area contributed by atoms with Crippen LogP contribution in [-0.4, -0.2) is 12.1 Å². The SMILES string of the molecule is COc1ccc(-c2cccc([C@@H](C)C(C)(C)C)c2)cn1. The molecule has 0 saturated carbocycles. The molecule has 106 valence electrons. The maximum Gasteiger partial charge on any atom is 0.212 e. The average Bonchev–Trinajstić information content (AvgIpc) is 2.46. The van der Waals surface area contributed by atoms with Crippen LogP contribution in [0.2, 0.25) is 0 Å². The third-order valence-corrected chi connectivity index (χ3v) is 3.96. The molecule has 0 aliphatic carbocycles. The minimum absolute atomic E-state index is 0.261. The first-order valence-corrected chi connectivity index (χ1v) is 7.02. The van der Waals surface area contributed by atoms with Gasteiger partial charge in [-0.3, -0.25) is 0 Å². The Morgan fingerprint density at radius 2 is 1.80 bits per heavy atom. The van der Waals surface area contributed by atoms with Crippen LogP contribution in [-0.2, 0) is 0 Å². The largest absolute Gasteiger partial charge is 0.481 e. The molecule has 0 aliphatic rings. The molecule has 0 fully saturated rings. The monoisotopic (exact) mass is 269 g/mol. The molecule has 2 rings (SSSR count). The number of ether oxygens (including phenoxy) is 1. The third-order valence-electron chi connectivity index (χ3n) is 3.96. The van der Waals surface area contributed by atoms with Gasteiger partial charge in [0.05, 0.1) is 7.11 Å². The van der Waals surface area contributed by atoms with E-state index in [1.165, 1.54) is 11.1 Å². The zero-order valence-corrected chi connectivity index (χ0v) is 13.0. The number of pyridine rings is 1. The van der Waals surface area contributed by atoms with Crippen molar-refractivity contribution in [2.75, 3.05) is 7.11 Å². The van der Waals surface area contributed by atoms with Crippen molar-refractivity contribution in [2.24, 2.45) is 5.41 Å². The van der Waals surface area contributed by atoms with Gasteiger partial charge in [0.15, 0.2) is 0 Å². The van der Waals surface area contributed by atoms with Gasteiger partial charge in [0.2, 0.25) is 5.88 Å². The van der Waals surface area contributed by atoms with Crippen molar-refractivity contribution in [1.82, 2.24) is 4.98 Å². The molecule has 0 radical (unpaired) electrons. The Balaban J connectivity index is 2.34. The standard InChI is InChI=1S/C18H23NO/c1-13(18(2,3)4)14-7-6-8-15(11-14)16-9-10-17(20-5)19-12-16/h6-13H,1-5H3/t13-/m1/s1. The van der Waals surface area contributed by atoms with Gasteiger partial charge in [-0.25, -0.2) is 4.98 Å². The van der Waals surface area contributed by atoms with Crippen molar-refractivity contribution in [3.8, 4) is 17.0 Å². The summed E-state index contributed by atoms with van der Waals surface area (Å²) in [5.41, 5.74) is 3.95. The fraction of sp³-hybridized carbons (Fsp3) is 0.389. The van der Waals surface area contributed by atoms with Gasteiger partial charge in [-0.15, -0.1) is 0 Å². The van der Waals surface area contributed by atoms with Crippen LogP contribution in [0.15, 0.2) is 42.6 Å². The van der Waals surface area contributed by atoms with Crippen LogP contribution in [0.25, 0.3) is 11.1 Å². The Morgan fingerprint density at radius 3 is 2.35 bits per heavy atom. The summed E-state index contributed by atoms with van der Waals surface area (Å²) in [6.07, 6.45) is 1.86. The van der Waals surface area contributed by atoms with Gasteiger partial charge in [-0.05, 0) is 28.5 Å². The predicted molar refractivity (Wildman–Crippen MR) is 84.1 cm³/mol. The summed E-state index contributed by atoms with van der Waals surface area (Å²) in [6, 6.07) is 12.7. The van der Waals surface area contributed by atoms with Crippen molar-refractivity contribution in [3.05, 3.63) is 48.2 Å². The van der Waals surface area contributed by atoms with E-state index in [1.54, 1.807) is 7.11 Å². The smallest absolute Gasteiger partial charge is 0.212 e. The summed E-state index contributed by atoms with van der Waals surface area (Å²) in [5, 5.41) is 0. The second kappa shape index (κ2) is 5.66. The van der Waals surface area contributed by atoms with E-state index in [-0.39, 0.29) is 5.41 Å². The van der Waals surface area contributed by atoms with Gasteiger partial charge < -0.3 is 4.74 Å². The summed E-state index contributed by atoms with van der Waals surface area (Å²) in [6.45, 7) is 9.11. The molecule has 1 heterocycles. The first-order chi connectivity index (χ1) is 9.41. The van der Waals surface area contributed by atoms with Gasteiger partial charge in [0.25, 0.3) is 0 Å². The quantitative estimate of drug-likeness (QED) is 0.790. The van der Waals surface area contributed by atoms with E-state index in [0.29, 0.717) is 11.8 Å². The van der Waals surface area contributed by atoms with E-state index in [1.807, 2.05) is 18.3 Å². The van der Waals surface area contributed by atoms with Gasteiger partial charge in [0.1, 0.15) is 0 Å². The Kier molecular flexibility index (Phi) is 4.12. The molecule has 0 unspecified atom stereocenters. The molecule has 0 aliphatic heterocycles. The van der Waals surface area contributed by atoms with Gasteiger partial charge >= 0.3 is 0 Å². The van der Waals surface area contributed by atoms with Crippen LogP contribution in [0.3, 0.4) is 0 Å². The normalized spacial score (nSPS) is 13.1. The van der Waals surface area contributed by atoms with Crippen molar-refractivity contribution in [2.45, 2.75) is 33.6 Å². The Bertz CT molecular complexity index is 567. The molecule has 0 amide bonds. The van der Waals surface area contributed by atoms with E-state index in [2.05, 4.69) is 56.9 Å². The van der Waals surface area contributed by atoms with Crippen LogP contribution in [0, 0.1) is 5.41 Å². The summed E-state index contributed by atoms with van der Waals surface area (Å²) in [7, 11) is 1.63. The molecular formula is C18H23NO. The molecule has 2 nitrogen and oxygen atoms in total. The summed E-state index contributed by atoms with van der Waals surface area (Å²) >= 11 is 0. The van der Waals surface area contributed by atoms with E-state index >= 15 is 0 Å². The highest BCUT2D eigenvalue weighted by molar-refractivity contribution is 5.63. The number of methoxy groups -OCH3 is 1. The molecule has 1 aromatic heterocycles. The number of hydrogen-bond acceptors (Lipinski definition) is 2. The maximum absolute atomic E-state index is 5.10. The fourth-order valence-corrected chi connectivity index (χ4v) is 2.16. The first kappa shape index (κ1) is 14.6. The highest BCUT2D eigenvalue weighted by atomic mass is 16.5. The Morgan fingerprint density at radius 1 is 1.05 bits per heavy atom. The fourth-order valence-electron chi connectivity index (χ4n) is 2.16. The summed E-state index contributed by atoms with van der Waals surface area (Å²) in [4.78, 5) is 4.27. The van der Waals surface area contributed by atoms with Crippen molar-refractivity contribution < 1.29 is 4.74 Å². The molecule has 2 aromatic rings. The van der Waals surface area contributed by atoms with E-state index < -0.39 is 0 Å². The molecule has 20 heavy (non-hydrogen) atoms. The third kappa shape index (κ3) is 3.19. The summed E-state index contributed by atoms with van der Waals surface area (Å²) < 4.78 is 5.10. The zero-order valence-electron chi connectivity index (χ0n) is 13.0. The highest BCUT2D eigenvalue weighted by Gasteiger charge is 2.21. The minimum Gasteiger partial charge on any atom is -0.481 e. The average molecular weight is 269 g/mol. The second-order valence-corrected chi connectivity index (χ2v) is 6.30. The number of aromatic nitrogens is 1. The lowest BCUT2D eigenvalue weighted by atomic mass is 9.77. The van der Waals surface area contributed by atoms with E-state index in [9.17, 15) is 0 Å². The number of benzene rings is 1. The second-order valence-electron chi connectivity index (χ2n) is 6.30. The number of rotatable bonds is 3. The van der Waals surface area contributed by atoms with Crippen molar-refractivity contribution in [1.29, 1.82) is 0 Å². The molecule has 0 spiro atoms. The lowest BCUT2D eigenvalue weighted by Crippen LogP contribution is -2.15. The number of hydrogen-bond donors (Lipinski definition) is 0.